The number of rotatable bonds is 40. The van der Waals surface area contributed by atoms with E-state index in [4.69, 9.17) is 4.74 Å². The zero-order valence-corrected chi connectivity index (χ0v) is 36.9. The van der Waals surface area contributed by atoms with Crippen LogP contribution in [0.2, 0.25) is 0 Å². The first-order chi connectivity index (χ1) is 28.0. The first kappa shape index (κ1) is 54.0. The molecule has 3 N–H and O–H groups in total. The number of unbranched alkanes of at least 4 members (excludes halogenated alkanes) is 14. The van der Waals surface area contributed by atoms with Crippen LogP contribution >= 0.6 is 0 Å². The van der Waals surface area contributed by atoms with Crippen molar-refractivity contribution in [1.29, 1.82) is 0 Å². The summed E-state index contributed by atoms with van der Waals surface area (Å²) in [5.41, 5.74) is 0. The van der Waals surface area contributed by atoms with Crippen LogP contribution in [-0.4, -0.2) is 46.9 Å². The maximum atomic E-state index is 13.1. The van der Waals surface area contributed by atoms with Gasteiger partial charge in [0.05, 0.1) is 25.2 Å². The number of nitrogens with one attached hydrogen (secondary N) is 1. The molecule has 0 rings (SSSR count). The highest BCUT2D eigenvalue weighted by Gasteiger charge is 2.24. The van der Waals surface area contributed by atoms with Gasteiger partial charge in [0.2, 0.25) is 5.91 Å². The van der Waals surface area contributed by atoms with Gasteiger partial charge in [-0.05, 0) is 83.5 Å². The van der Waals surface area contributed by atoms with Gasteiger partial charge in [-0.25, -0.2) is 0 Å². The lowest BCUT2D eigenvalue weighted by molar-refractivity contribution is -0.150. The first-order valence-electron chi connectivity index (χ1n) is 23.3. The highest BCUT2D eigenvalue weighted by Crippen LogP contribution is 2.16. The summed E-state index contributed by atoms with van der Waals surface area (Å²) in [6.45, 7) is 6.21. The Kier molecular flexibility index (Phi) is 41.9. The van der Waals surface area contributed by atoms with Gasteiger partial charge in [-0.15, -0.1) is 0 Å². The Morgan fingerprint density at radius 3 is 1.44 bits per heavy atom. The summed E-state index contributed by atoms with van der Waals surface area (Å²) in [5.74, 6) is -0.596. The van der Waals surface area contributed by atoms with E-state index in [-0.39, 0.29) is 31.3 Å². The molecule has 0 aliphatic rings. The van der Waals surface area contributed by atoms with Crippen molar-refractivity contribution in [3.05, 3.63) is 85.1 Å². The monoisotopic (exact) mass is 794 g/mol. The van der Waals surface area contributed by atoms with Crippen molar-refractivity contribution >= 4 is 11.9 Å². The van der Waals surface area contributed by atoms with E-state index in [0.717, 1.165) is 103 Å². The number of aliphatic hydroxyl groups excluding tert-OH is 2. The van der Waals surface area contributed by atoms with Crippen LogP contribution in [0.4, 0.5) is 0 Å². The van der Waals surface area contributed by atoms with Crippen molar-refractivity contribution in [3.8, 4) is 0 Å². The summed E-state index contributed by atoms with van der Waals surface area (Å²) in [5, 5.41) is 23.6. The molecule has 0 saturated heterocycles. The Morgan fingerprint density at radius 1 is 0.526 bits per heavy atom. The van der Waals surface area contributed by atoms with Crippen molar-refractivity contribution in [1.82, 2.24) is 5.32 Å². The smallest absolute Gasteiger partial charge is 0.306 e. The van der Waals surface area contributed by atoms with Crippen LogP contribution in [0.1, 0.15) is 201 Å². The maximum absolute atomic E-state index is 13.1. The molecule has 0 aromatic rings. The molecule has 0 fully saturated rings. The lowest BCUT2D eigenvalue weighted by Crippen LogP contribution is -2.46. The predicted octanol–water partition coefficient (Wildman–Crippen LogP) is 13.6. The number of ether oxygens (including phenoxy) is 1. The molecule has 3 atom stereocenters. The Morgan fingerprint density at radius 2 is 0.947 bits per heavy atom. The molecule has 0 aliphatic carbocycles. The molecular weight excluding hydrogens is 707 g/mol. The van der Waals surface area contributed by atoms with E-state index in [0.29, 0.717) is 19.3 Å². The molecular formula is C51H87NO5. The van der Waals surface area contributed by atoms with E-state index in [1.54, 1.807) is 0 Å². The minimum Gasteiger partial charge on any atom is -0.462 e. The largest absolute Gasteiger partial charge is 0.462 e. The number of carbonyl (C=O) groups is 2. The van der Waals surface area contributed by atoms with Crippen molar-refractivity contribution < 1.29 is 24.5 Å². The van der Waals surface area contributed by atoms with Crippen molar-refractivity contribution in [2.24, 2.45) is 0 Å². The highest BCUT2D eigenvalue weighted by molar-refractivity contribution is 5.77. The summed E-state index contributed by atoms with van der Waals surface area (Å²) >= 11 is 0. The van der Waals surface area contributed by atoms with Crippen molar-refractivity contribution in [2.45, 2.75) is 219 Å². The van der Waals surface area contributed by atoms with E-state index in [2.05, 4.69) is 105 Å². The van der Waals surface area contributed by atoms with Crippen LogP contribution in [0.3, 0.4) is 0 Å². The zero-order valence-electron chi connectivity index (χ0n) is 36.9. The second kappa shape index (κ2) is 44.1. The fourth-order valence-electron chi connectivity index (χ4n) is 6.52. The topological polar surface area (TPSA) is 95.9 Å². The van der Waals surface area contributed by atoms with Crippen LogP contribution in [0.15, 0.2) is 85.1 Å². The molecule has 57 heavy (non-hydrogen) atoms. The molecule has 6 nitrogen and oxygen atoms in total. The van der Waals surface area contributed by atoms with Crippen molar-refractivity contribution in [3.63, 3.8) is 0 Å². The average Bonchev–Trinajstić information content (AvgIpc) is 3.20. The highest BCUT2D eigenvalue weighted by atomic mass is 16.5. The van der Waals surface area contributed by atoms with Gasteiger partial charge in [-0.1, -0.05) is 189 Å². The number of carbonyl (C=O) groups excluding carboxylic acids is 2. The zero-order chi connectivity index (χ0) is 41.7. The third kappa shape index (κ3) is 39.6. The molecule has 326 valence electrons. The van der Waals surface area contributed by atoms with Gasteiger partial charge in [0, 0.05) is 6.42 Å². The lowest BCUT2D eigenvalue weighted by Gasteiger charge is -2.24. The summed E-state index contributed by atoms with van der Waals surface area (Å²) in [6, 6.07) is -0.723. The van der Waals surface area contributed by atoms with Crippen LogP contribution < -0.4 is 5.32 Å². The first-order valence-corrected chi connectivity index (χ1v) is 23.3. The third-order valence-corrected chi connectivity index (χ3v) is 9.98. The summed E-state index contributed by atoms with van der Waals surface area (Å²) in [7, 11) is 0. The number of allylic oxidation sites excluding steroid dienone is 14. The molecule has 0 bridgehead atoms. The van der Waals surface area contributed by atoms with Gasteiger partial charge in [0.1, 0.15) is 6.10 Å². The molecule has 6 heteroatoms. The number of amides is 1. The van der Waals surface area contributed by atoms with Gasteiger partial charge < -0.3 is 20.3 Å². The van der Waals surface area contributed by atoms with Crippen LogP contribution in [-0.2, 0) is 14.3 Å². The number of hydrogen-bond donors (Lipinski definition) is 3. The Bertz CT molecular complexity index is 1120. The Balaban J connectivity index is 4.74. The molecule has 3 unspecified atom stereocenters. The quantitative estimate of drug-likeness (QED) is 0.0326. The fourth-order valence-corrected chi connectivity index (χ4v) is 6.52. The SMILES string of the molecule is CC/C=C/C/C=C/C/C=C/C/C=C/C/C=C/CCC(=O)OC(CCCCCCC/C=C/C/C=C/CC)CC(=O)NC(CO)C(O)CCCCCCCCCCCC. The van der Waals surface area contributed by atoms with Gasteiger partial charge in [-0.2, -0.15) is 0 Å². The predicted molar refractivity (Wildman–Crippen MR) is 245 cm³/mol. The van der Waals surface area contributed by atoms with Gasteiger partial charge in [0.25, 0.3) is 0 Å². The number of hydrogen-bond acceptors (Lipinski definition) is 5. The number of aliphatic hydroxyl groups is 2. The lowest BCUT2D eigenvalue weighted by atomic mass is 10.0. The minimum absolute atomic E-state index is 0.0339. The normalized spacial score (nSPS) is 14.1. The second-order valence-electron chi connectivity index (χ2n) is 15.4. The van der Waals surface area contributed by atoms with Gasteiger partial charge in [0.15, 0.2) is 0 Å². The van der Waals surface area contributed by atoms with Gasteiger partial charge in [-0.3, -0.25) is 9.59 Å². The molecule has 0 aromatic carbocycles. The molecule has 1 amide bonds. The summed E-state index contributed by atoms with van der Waals surface area (Å²) < 4.78 is 5.86. The van der Waals surface area contributed by atoms with E-state index in [1.807, 2.05) is 6.08 Å². The van der Waals surface area contributed by atoms with Gasteiger partial charge >= 0.3 is 5.97 Å². The second-order valence-corrected chi connectivity index (χ2v) is 15.4. The van der Waals surface area contributed by atoms with Crippen LogP contribution in [0.25, 0.3) is 0 Å². The number of esters is 1. The summed E-state index contributed by atoms with van der Waals surface area (Å²) in [4.78, 5) is 26.0. The Labute approximate surface area is 351 Å². The molecule has 0 saturated carbocycles. The van der Waals surface area contributed by atoms with E-state index >= 15 is 0 Å². The minimum atomic E-state index is -0.805. The Hall–Kier alpha value is -2.96. The van der Waals surface area contributed by atoms with Crippen molar-refractivity contribution in [2.75, 3.05) is 6.61 Å². The van der Waals surface area contributed by atoms with Crippen LogP contribution in [0.5, 0.6) is 0 Å². The van der Waals surface area contributed by atoms with E-state index in [9.17, 15) is 19.8 Å². The van der Waals surface area contributed by atoms with Crippen LogP contribution in [0, 0.1) is 0 Å². The molecule has 0 heterocycles. The molecule has 0 aliphatic heterocycles. The molecule has 0 spiro atoms. The fraction of sp³-hybridized carbons (Fsp3) is 0.686. The summed E-state index contributed by atoms with van der Waals surface area (Å²) in [6.07, 6.45) is 56.5. The standard InChI is InChI=1S/C51H87NO5/c1-4-7-10-13-16-19-22-24-25-26-27-29-32-35-38-41-44-51(56)57-47(42-39-36-33-30-28-23-20-17-14-11-8-5-2)45-50(55)52-48(46-53)49(54)43-40-37-34-31-21-18-15-12-9-6-3/h7-8,10-11,16-17,19-20,24-25,27,29,35,38,47-49,53-54H,4-6,9,12-15,18,21-23,26,28,30-34,36-37,39-46H2,1-3H3,(H,52,55)/b10-7+,11-8+,19-16+,20-17+,25-24+,29-27+,38-35+. The third-order valence-electron chi connectivity index (χ3n) is 9.98. The molecule has 0 aromatic heterocycles. The molecule has 0 radical (unpaired) electrons. The van der Waals surface area contributed by atoms with E-state index in [1.165, 1.54) is 44.9 Å². The average molecular weight is 794 g/mol. The van der Waals surface area contributed by atoms with E-state index < -0.39 is 18.2 Å². The maximum Gasteiger partial charge on any atom is 0.306 e.